The Kier molecular flexibility index (Phi) is 7.00. The fourth-order valence-corrected chi connectivity index (χ4v) is 3.87. The first-order valence-electron chi connectivity index (χ1n) is 11.8. The molecule has 2 amide bonds. The van der Waals surface area contributed by atoms with Crippen LogP contribution < -0.4 is 5.32 Å². The molecule has 0 aliphatic heterocycles. The van der Waals surface area contributed by atoms with Crippen molar-refractivity contribution in [2.45, 2.75) is 58.8 Å². The van der Waals surface area contributed by atoms with E-state index in [-0.39, 0.29) is 24.9 Å². The van der Waals surface area contributed by atoms with Gasteiger partial charge in [0.05, 0.1) is 5.52 Å². The fraction of sp³-hybridized carbons (Fsp3) is 0.333. The van der Waals surface area contributed by atoms with Crippen LogP contribution in [0.1, 0.15) is 50.3 Å². The maximum Gasteiger partial charge on any atom is 0.251 e. The molecule has 1 atom stereocenters. The molecule has 8 heteroatoms. The first-order valence-corrected chi connectivity index (χ1v) is 11.8. The van der Waals surface area contributed by atoms with Gasteiger partial charge < -0.3 is 14.6 Å². The third-order valence-corrected chi connectivity index (χ3v) is 6.16. The minimum absolute atomic E-state index is 0.0615. The highest BCUT2D eigenvalue weighted by molar-refractivity contribution is 5.89. The van der Waals surface area contributed by atoms with Crippen molar-refractivity contribution in [3.05, 3.63) is 83.8 Å². The smallest absolute Gasteiger partial charge is 0.251 e. The number of aromatic nitrogens is 3. The van der Waals surface area contributed by atoms with Crippen molar-refractivity contribution in [3.63, 3.8) is 0 Å². The standard InChI is InChI=1S/C27H31N5O3/c1-5-27(3,4)28-26(34)25(23-16-15-19(2)35-23)31(17-20-11-7-6-8-12-20)24(33)18-32-22-14-10-9-13-21(22)29-30-32/h6-16,25H,5,17-18H2,1-4H3,(H,28,34). The second-order valence-electron chi connectivity index (χ2n) is 9.32. The van der Waals surface area contributed by atoms with Gasteiger partial charge in [0.2, 0.25) is 5.91 Å². The Labute approximate surface area is 204 Å². The topological polar surface area (TPSA) is 93.3 Å². The van der Waals surface area contributed by atoms with E-state index in [1.807, 2.05) is 82.3 Å². The predicted octanol–water partition coefficient (Wildman–Crippen LogP) is 4.41. The van der Waals surface area contributed by atoms with Crippen molar-refractivity contribution in [1.82, 2.24) is 25.2 Å². The Bertz CT molecular complexity index is 1310. The van der Waals surface area contributed by atoms with Crippen LogP contribution in [0.25, 0.3) is 11.0 Å². The molecule has 0 aliphatic rings. The second-order valence-corrected chi connectivity index (χ2v) is 9.32. The van der Waals surface area contributed by atoms with Crippen molar-refractivity contribution in [2.24, 2.45) is 0 Å². The number of furan rings is 1. The van der Waals surface area contributed by atoms with Gasteiger partial charge in [0, 0.05) is 12.1 Å². The SMILES string of the molecule is CCC(C)(C)NC(=O)C(c1ccc(C)o1)N(Cc1ccccc1)C(=O)Cn1nnc2ccccc21. The van der Waals surface area contributed by atoms with E-state index in [1.54, 1.807) is 21.7 Å². The molecule has 0 spiro atoms. The number of para-hydroxylation sites is 1. The highest BCUT2D eigenvalue weighted by atomic mass is 16.3. The molecule has 2 aromatic carbocycles. The maximum atomic E-state index is 13.8. The predicted molar refractivity (Wildman–Crippen MR) is 133 cm³/mol. The summed E-state index contributed by atoms with van der Waals surface area (Å²) < 4.78 is 7.46. The van der Waals surface area contributed by atoms with Crippen molar-refractivity contribution in [3.8, 4) is 0 Å². The molecule has 0 saturated heterocycles. The van der Waals surface area contributed by atoms with Gasteiger partial charge in [0.15, 0.2) is 6.04 Å². The first-order chi connectivity index (χ1) is 16.8. The Hall–Kier alpha value is -3.94. The van der Waals surface area contributed by atoms with Crippen LogP contribution in [0.5, 0.6) is 0 Å². The number of carbonyl (C=O) groups excluding carboxylic acids is 2. The summed E-state index contributed by atoms with van der Waals surface area (Å²) in [4.78, 5) is 29.1. The molecule has 0 fully saturated rings. The maximum absolute atomic E-state index is 13.8. The zero-order chi connectivity index (χ0) is 25.0. The Balaban J connectivity index is 1.74. The molecule has 8 nitrogen and oxygen atoms in total. The Morgan fingerprint density at radius 2 is 1.77 bits per heavy atom. The second kappa shape index (κ2) is 10.1. The van der Waals surface area contributed by atoms with Crippen molar-refractivity contribution in [1.29, 1.82) is 0 Å². The summed E-state index contributed by atoms with van der Waals surface area (Å²) in [6, 6.07) is 19.7. The van der Waals surface area contributed by atoms with Gasteiger partial charge in [-0.1, -0.05) is 54.6 Å². The van der Waals surface area contributed by atoms with Crippen LogP contribution in [-0.2, 0) is 22.7 Å². The monoisotopic (exact) mass is 473 g/mol. The number of hydrogen-bond acceptors (Lipinski definition) is 5. The van der Waals surface area contributed by atoms with Crippen molar-refractivity contribution >= 4 is 22.8 Å². The molecule has 4 aromatic rings. The number of carbonyl (C=O) groups is 2. The molecule has 1 unspecified atom stereocenters. The molecule has 35 heavy (non-hydrogen) atoms. The Morgan fingerprint density at radius 1 is 1.06 bits per heavy atom. The first kappa shape index (κ1) is 24.2. The third-order valence-electron chi connectivity index (χ3n) is 6.16. The van der Waals surface area contributed by atoms with E-state index in [4.69, 9.17) is 4.42 Å². The van der Waals surface area contributed by atoms with Crippen LogP contribution in [-0.4, -0.2) is 37.2 Å². The average molecular weight is 474 g/mol. The van der Waals surface area contributed by atoms with Crippen LogP contribution in [0, 0.1) is 6.92 Å². The molecular weight excluding hydrogens is 442 g/mol. The molecule has 1 N–H and O–H groups in total. The number of hydrogen-bond donors (Lipinski definition) is 1. The van der Waals surface area contributed by atoms with Gasteiger partial charge in [-0.05, 0) is 57.0 Å². The normalized spacial score (nSPS) is 12.5. The molecule has 0 saturated carbocycles. The average Bonchev–Trinajstić information content (AvgIpc) is 3.45. The molecular formula is C27H31N5O3. The lowest BCUT2D eigenvalue weighted by Gasteiger charge is -2.33. The number of rotatable bonds is 9. The van der Waals surface area contributed by atoms with Gasteiger partial charge in [-0.25, -0.2) is 4.68 Å². The summed E-state index contributed by atoms with van der Waals surface area (Å²) in [5.74, 6) is 0.522. The summed E-state index contributed by atoms with van der Waals surface area (Å²) in [6.45, 7) is 7.92. The van der Waals surface area contributed by atoms with Crippen LogP contribution in [0.3, 0.4) is 0 Å². The quantitative estimate of drug-likeness (QED) is 0.389. The van der Waals surface area contributed by atoms with Crippen LogP contribution in [0.4, 0.5) is 0 Å². The van der Waals surface area contributed by atoms with E-state index in [0.717, 1.165) is 17.5 Å². The number of nitrogens with one attached hydrogen (secondary N) is 1. The minimum atomic E-state index is -0.947. The molecule has 0 radical (unpaired) electrons. The number of fused-ring (bicyclic) bond motifs is 1. The molecule has 0 bridgehead atoms. The highest BCUT2D eigenvalue weighted by Crippen LogP contribution is 2.27. The van der Waals surface area contributed by atoms with E-state index >= 15 is 0 Å². The van der Waals surface area contributed by atoms with Crippen LogP contribution in [0.15, 0.2) is 71.1 Å². The zero-order valence-corrected chi connectivity index (χ0v) is 20.6. The van der Waals surface area contributed by atoms with Gasteiger partial charge in [-0.3, -0.25) is 9.59 Å². The van der Waals surface area contributed by atoms with E-state index in [0.29, 0.717) is 17.0 Å². The van der Waals surface area contributed by atoms with Gasteiger partial charge in [0.25, 0.3) is 5.91 Å². The van der Waals surface area contributed by atoms with E-state index in [1.165, 1.54) is 0 Å². The number of benzene rings is 2. The van der Waals surface area contributed by atoms with Gasteiger partial charge in [-0.2, -0.15) is 0 Å². The van der Waals surface area contributed by atoms with E-state index < -0.39 is 11.6 Å². The largest absolute Gasteiger partial charge is 0.464 e. The van der Waals surface area contributed by atoms with Crippen LogP contribution >= 0.6 is 0 Å². The number of nitrogens with zero attached hydrogens (tertiary/aromatic N) is 4. The van der Waals surface area contributed by atoms with E-state index in [2.05, 4.69) is 15.6 Å². The van der Waals surface area contributed by atoms with Gasteiger partial charge in [-0.15, -0.1) is 5.10 Å². The molecule has 0 aliphatic carbocycles. The van der Waals surface area contributed by atoms with E-state index in [9.17, 15) is 9.59 Å². The van der Waals surface area contributed by atoms with Crippen molar-refractivity contribution in [2.75, 3.05) is 0 Å². The molecule has 4 rings (SSSR count). The van der Waals surface area contributed by atoms with Gasteiger partial charge in [0.1, 0.15) is 23.6 Å². The number of aryl methyl sites for hydroxylation is 1. The number of amides is 2. The zero-order valence-electron chi connectivity index (χ0n) is 20.6. The highest BCUT2D eigenvalue weighted by Gasteiger charge is 2.36. The molecule has 2 aromatic heterocycles. The molecule has 2 heterocycles. The summed E-state index contributed by atoms with van der Waals surface area (Å²) in [5.41, 5.74) is 1.92. The minimum Gasteiger partial charge on any atom is -0.464 e. The third kappa shape index (κ3) is 5.59. The summed E-state index contributed by atoms with van der Waals surface area (Å²) in [5, 5.41) is 11.4. The lowest BCUT2D eigenvalue weighted by atomic mass is 10.0. The summed E-state index contributed by atoms with van der Waals surface area (Å²) in [7, 11) is 0. The van der Waals surface area contributed by atoms with Gasteiger partial charge >= 0.3 is 0 Å². The fourth-order valence-electron chi connectivity index (χ4n) is 3.87. The van der Waals surface area contributed by atoms with Crippen LogP contribution in [0.2, 0.25) is 0 Å². The lowest BCUT2D eigenvalue weighted by Crippen LogP contribution is -2.50. The molecule has 182 valence electrons. The Morgan fingerprint density at radius 3 is 2.46 bits per heavy atom. The summed E-state index contributed by atoms with van der Waals surface area (Å²) in [6.07, 6.45) is 0.736. The lowest BCUT2D eigenvalue weighted by molar-refractivity contribution is -0.143. The summed E-state index contributed by atoms with van der Waals surface area (Å²) >= 11 is 0. The van der Waals surface area contributed by atoms with Crippen molar-refractivity contribution < 1.29 is 14.0 Å².